The van der Waals surface area contributed by atoms with Gasteiger partial charge in [-0.05, 0) is 75.7 Å². The van der Waals surface area contributed by atoms with Gasteiger partial charge in [-0.15, -0.1) is 45.3 Å². The van der Waals surface area contributed by atoms with Crippen LogP contribution in [0.5, 0.6) is 0 Å². The van der Waals surface area contributed by atoms with Crippen molar-refractivity contribution in [2.24, 2.45) is 0 Å². The maximum atomic E-state index is 4.16. The van der Waals surface area contributed by atoms with E-state index in [0.29, 0.717) is 35.5 Å². The topological polar surface area (TPSA) is 64.5 Å². The molecule has 0 saturated heterocycles. The van der Waals surface area contributed by atoms with Crippen LogP contribution in [0.1, 0.15) is 233 Å². The van der Waals surface area contributed by atoms with Crippen LogP contribution in [0.3, 0.4) is 0 Å². The second-order valence-electron chi connectivity index (χ2n) is 12.5. The fraction of sp³-hybridized carbons (Fsp3) is 0.612. The van der Waals surface area contributed by atoms with Gasteiger partial charge >= 0.3 is 0 Å². The minimum Gasteiger partial charge on any atom is -0.253 e. The lowest BCUT2D eigenvalue weighted by molar-refractivity contribution is 0.833. The Morgan fingerprint density at radius 1 is 0.450 bits per heavy atom. The van der Waals surface area contributed by atoms with E-state index in [1.165, 1.54) is 54.8 Å². The van der Waals surface area contributed by atoms with E-state index in [1.807, 2.05) is 135 Å². The standard InChI is InChI=1S/C7H10S.5C6H9NS.6C2H6/c1-6(2)7-4-3-5-8-7;1-5(2)6-3-8-4-7-6;1-5(2)6-3-7-4-8-6;1-5(2)6-3-7-8-4-6;1-5(2)6-7-3-4-8-6;1-5(2)6-3-4-8-7-6;6*1-2/h3-6H,1-2H3;5*3-5H,1-2H3;6*1-2H3. The first kappa shape index (κ1) is 69.5. The van der Waals surface area contributed by atoms with E-state index in [0.717, 1.165) is 0 Å². The summed E-state index contributed by atoms with van der Waals surface area (Å²) in [6.45, 7) is 50.0. The molecule has 11 heteroatoms. The number of aromatic nitrogens is 5. The fourth-order valence-electron chi connectivity index (χ4n) is 3.18. The second kappa shape index (κ2) is 53.0. The summed E-state index contributed by atoms with van der Waals surface area (Å²) < 4.78 is 8.14. The molecule has 0 N–H and O–H groups in total. The smallest absolute Gasteiger partial charge is 0.0950 e. The molecule has 0 aliphatic rings. The maximum Gasteiger partial charge on any atom is 0.0950 e. The van der Waals surface area contributed by atoms with Crippen LogP contribution in [0.2, 0.25) is 0 Å². The zero-order valence-corrected chi connectivity index (χ0v) is 47.6. The Kier molecular flexibility index (Phi) is 61.4. The van der Waals surface area contributed by atoms with E-state index in [-0.39, 0.29) is 0 Å². The first-order valence-electron chi connectivity index (χ1n) is 22.3. The van der Waals surface area contributed by atoms with Crippen LogP contribution in [0.25, 0.3) is 0 Å². The fourth-order valence-corrected chi connectivity index (χ4v) is 7.28. The monoisotopic (exact) mass is 942 g/mol. The summed E-state index contributed by atoms with van der Waals surface area (Å²) in [6, 6.07) is 6.34. The summed E-state index contributed by atoms with van der Waals surface area (Å²) in [5.74, 6) is 3.74. The van der Waals surface area contributed by atoms with Crippen LogP contribution in [0.4, 0.5) is 0 Å². The average Bonchev–Trinajstić information content (AvgIpc) is 4.14. The lowest BCUT2D eigenvalue weighted by Gasteiger charge is -1.95. The molecule has 0 aliphatic heterocycles. The summed E-state index contributed by atoms with van der Waals surface area (Å²) >= 11 is 9.96. The highest BCUT2D eigenvalue weighted by molar-refractivity contribution is 7.10. The van der Waals surface area contributed by atoms with Crippen molar-refractivity contribution in [3.8, 4) is 0 Å². The molecule has 0 bridgehead atoms. The van der Waals surface area contributed by atoms with Gasteiger partial charge in [0.15, 0.2) is 0 Å². The third kappa shape index (κ3) is 41.2. The largest absolute Gasteiger partial charge is 0.253 e. The van der Waals surface area contributed by atoms with E-state index >= 15 is 0 Å². The summed E-state index contributed by atoms with van der Waals surface area (Å²) in [5, 5.41) is 11.5. The Morgan fingerprint density at radius 3 is 1.22 bits per heavy atom. The second-order valence-corrected chi connectivity index (χ2v) is 17.4. The van der Waals surface area contributed by atoms with Crippen molar-refractivity contribution in [3.63, 3.8) is 0 Å². The maximum absolute atomic E-state index is 4.16. The Labute approximate surface area is 397 Å². The Bertz CT molecular complexity index is 1160. The molecule has 6 aromatic heterocycles. The molecule has 6 heterocycles. The van der Waals surface area contributed by atoms with E-state index in [4.69, 9.17) is 0 Å². The van der Waals surface area contributed by atoms with Crippen molar-refractivity contribution in [3.05, 3.63) is 106 Å². The van der Waals surface area contributed by atoms with Crippen molar-refractivity contribution in [2.45, 2.75) is 202 Å². The van der Waals surface area contributed by atoms with Gasteiger partial charge in [0.25, 0.3) is 0 Å². The minimum absolute atomic E-state index is 0.584. The summed E-state index contributed by atoms with van der Waals surface area (Å²) in [6.07, 6.45) is 5.70. The van der Waals surface area contributed by atoms with Crippen LogP contribution in [0.15, 0.2) is 74.7 Å². The molecule has 0 aromatic carbocycles. The zero-order chi connectivity index (χ0) is 47.9. The molecular weight excluding hydrogens is 851 g/mol. The molecule has 0 atom stereocenters. The number of thiophene rings is 1. The lowest BCUT2D eigenvalue weighted by atomic mass is 10.1. The van der Waals surface area contributed by atoms with Gasteiger partial charge in [-0.25, -0.2) is 14.3 Å². The van der Waals surface area contributed by atoms with Gasteiger partial charge in [0.05, 0.1) is 27.4 Å². The summed E-state index contributed by atoms with van der Waals surface area (Å²) in [5.41, 5.74) is 7.49. The highest BCUT2D eigenvalue weighted by atomic mass is 32.1. The first-order chi connectivity index (χ1) is 28.8. The Balaban J connectivity index is -0.000000139. The molecule has 5 nitrogen and oxygen atoms in total. The molecule has 0 amide bonds. The molecule has 0 spiro atoms. The van der Waals surface area contributed by atoms with E-state index in [2.05, 4.69) is 141 Å². The number of rotatable bonds is 6. The predicted octanol–water partition coefficient (Wildman–Crippen LogP) is 20.4. The molecule has 0 fully saturated rings. The number of thiazole rings is 3. The normalized spacial score (nSPS) is 8.90. The van der Waals surface area contributed by atoms with Crippen LogP contribution in [-0.2, 0) is 0 Å². The SMILES string of the molecule is CC.CC.CC.CC.CC.CC.CC(C)c1cccs1.CC(C)c1ccsn1.CC(C)c1cncs1.CC(C)c1cnsc1.CC(C)c1cscn1.CC(C)c1nccs1. The molecule has 0 saturated carbocycles. The van der Waals surface area contributed by atoms with Gasteiger partial charge in [0.2, 0.25) is 0 Å². The minimum atomic E-state index is 0.584. The van der Waals surface area contributed by atoms with Crippen molar-refractivity contribution in [2.75, 3.05) is 0 Å². The molecule has 0 radical (unpaired) electrons. The van der Waals surface area contributed by atoms with Crippen molar-refractivity contribution in [1.29, 1.82) is 0 Å². The predicted molar refractivity (Wildman–Crippen MR) is 288 cm³/mol. The van der Waals surface area contributed by atoms with E-state index < -0.39 is 0 Å². The summed E-state index contributed by atoms with van der Waals surface area (Å²) in [7, 11) is 0. The van der Waals surface area contributed by atoms with Crippen LogP contribution in [-0.4, -0.2) is 23.7 Å². The molecule has 0 unspecified atom stereocenters. The van der Waals surface area contributed by atoms with Gasteiger partial charge in [-0.3, -0.25) is 4.98 Å². The highest BCUT2D eigenvalue weighted by Gasteiger charge is 2.00. The number of hydrogen-bond acceptors (Lipinski definition) is 11. The van der Waals surface area contributed by atoms with Gasteiger partial charge < -0.3 is 0 Å². The van der Waals surface area contributed by atoms with Gasteiger partial charge in [0, 0.05) is 55.8 Å². The number of hydrogen-bond donors (Lipinski definition) is 0. The van der Waals surface area contributed by atoms with E-state index in [9.17, 15) is 0 Å². The van der Waals surface area contributed by atoms with Crippen molar-refractivity contribution in [1.82, 2.24) is 23.7 Å². The average molecular weight is 943 g/mol. The quantitative estimate of drug-likeness (QED) is 0.166. The van der Waals surface area contributed by atoms with Crippen molar-refractivity contribution >= 4 is 68.4 Å². The molecule has 0 aliphatic carbocycles. The van der Waals surface area contributed by atoms with Gasteiger partial charge in [-0.2, -0.15) is 4.37 Å². The van der Waals surface area contributed by atoms with Gasteiger partial charge in [0.1, 0.15) is 0 Å². The Hall–Kier alpha value is -2.15. The first-order valence-corrected chi connectivity index (χ1v) is 27.6. The summed E-state index contributed by atoms with van der Waals surface area (Å²) in [4.78, 5) is 15.1. The third-order valence-corrected chi connectivity index (χ3v) is 11.4. The van der Waals surface area contributed by atoms with Gasteiger partial charge in [-0.1, -0.05) is 172 Å². The molecule has 6 rings (SSSR count). The Morgan fingerprint density at radius 2 is 1.02 bits per heavy atom. The zero-order valence-electron chi connectivity index (χ0n) is 42.7. The third-order valence-electron chi connectivity index (χ3n) is 6.29. The van der Waals surface area contributed by atoms with Crippen molar-refractivity contribution < 1.29 is 0 Å². The van der Waals surface area contributed by atoms with Crippen LogP contribution in [0, 0.1) is 0 Å². The number of nitrogens with zero attached hydrogens (tertiary/aromatic N) is 5. The highest BCUT2D eigenvalue weighted by Crippen LogP contribution is 2.19. The molecule has 348 valence electrons. The van der Waals surface area contributed by atoms with Crippen LogP contribution >= 0.6 is 68.4 Å². The molecular formula is C49H91N5S6. The molecule has 60 heavy (non-hydrogen) atoms. The van der Waals surface area contributed by atoms with Crippen LogP contribution < -0.4 is 0 Å². The lowest BCUT2D eigenvalue weighted by Crippen LogP contribution is -1.83. The van der Waals surface area contributed by atoms with E-state index in [1.54, 1.807) is 34.0 Å². The molecule has 6 aromatic rings.